The van der Waals surface area contributed by atoms with Crippen LogP contribution in [0.25, 0.3) is 5.69 Å². The van der Waals surface area contributed by atoms with Crippen LogP contribution < -0.4 is 16.6 Å². The maximum atomic E-state index is 12.6. The van der Waals surface area contributed by atoms with Gasteiger partial charge in [0.25, 0.3) is 11.5 Å². The Kier molecular flexibility index (Phi) is 4.90. The number of pyridine rings is 1. The van der Waals surface area contributed by atoms with Crippen LogP contribution >= 0.6 is 0 Å². The summed E-state index contributed by atoms with van der Waals surface area (Å²) in [4.78, 5) is 38.7. The number of carbonyl (C=O) groups excluding carboxylic acids is 2. The number of carbonyl (C=O) groups is 2. The van der Waals surface area contributed by atoms with E-state index in [0.717, 1.165) is 25.9 Å². The van der Waals surface area contributed by atoms with Crippen molar-refractivity contribution in [1.29, 1.82) is 0 Å². The minimum atomic E-state index is -0.352. The number of anilines is 2. The number of nitrogens with zero attached hydrogens (tertiary/aromatic N) is 3. The summed E-state index contributed by atoms with van der Waals surface area (Å²) in [6.45, 7) is 1.46. The fourth-order valence-corrected chi connectivity index (χ4v) is 3.37. The minimum absolute atomic E-state index is 0.146. The van der Waals surface area contributed by atoms with Crippen LogP contribution in [0.2, 0.25) is 0 Å². The van der Waals surface area contributed by atoms with Gasteiger partial charge in [0.1, 0.15) is 0 Å². The molecule has 0 saturated carbocycles. The van der Waals surface area contributed by atoms with Crippen LogP contribution in [0.4, 0.5) is 16.2 Å². The highest BCUT2D eigenvalue weighted by Gasteiger charge is 2.21. The Labute approximate surface area is 167 Å². The van der Waals surface area contributed by atoms with Gasteiger partial charge in [0.2, 0.25) is 0 Å². The van der Waals surface area contributed by atoms with Crippen molar-refractivity contribution < 1.29 is 9.59 Å². The number of nitrogens with two attached hydrogens (primary N) is 1. The standard InChI is InChI=1S/C21H21N5O3/c22-17-13-25(21(29)24-10-3-4-11-24)14-18(17)23-20(28)15-6-8-16(9-7-15)26-12-2-1-5-19(26)27/h1-2,5-9,12-14H,3-4,10-11,22H2,(H,23,28). The molecular formula is C21H21N5O3. The highest BCUT2D eigenvalue weighted by Crippen LogP contribution is 2.22. The Morgan fingerprint density at radius 1 is 0.966 bits per heavy atom. The fourth-order valence-electron chi connectivity index (χ4n) is 3.37. The molecule has 1 saturated heterocycles. The molecule has 0 unspecified atom stereocenters. The molecule has 1 aromatic carbocycles. The van der Waals surface area contributed by atoms with Gasteiger partial charge in [-0.3, -0.25) is 18.7 Å². The molecule has 3 heterocycles. The van der Waals surface area contributed by atoms with Gasteiger partial charge in [-0.05, 0) is 43.2 Å². The molecule has 3 N–H and O–H groups in total. The summed E-state index contributed by atoms with van der Waals surface area (Å²) in [5.74, 6) is -0.352. The summed E-state index contributed by atoms with van der Waals surface area (Å²) in [5.41, 5.74) is 7.60. The number of rotatable bonds is 3. The Hall–Kier alpha value is -3.81. The molecule has 0 aliphatic carbocycles. The lowest BCUT2D eigenvalue weighted by atomic mass is 10.2. The van der Waals surface area contributed by atoms with Crippen molar-refractivity contribution in [2.45, 2.75) is 12.8 Å². The van der Waals surface area contributed by atoms with Crippen LogP contribution in [-0.2, 0) is 0 Å². The van der Waals surface area contributed by atoms with Crippen LogP contribution in [-0.4, -0.2) is 39.1 Å². The van der Waals surface area contributed by atoms with Crippen molar-refractivity contribution >= 4 is 23.3 Å². The molecule has 4 rings (SSSR count). The van der Waals surface area contributed by atoms with Gasteiger partial charge in [0.05, 0.1) is 11.4 Å². The first-order chi connectivity index (χ1) is 14.0. The molecular weight excluding hydrogens is 370 g/mol. The second-order valence-electron chi connectivity index (χ2n) is 6.92. The average Bonchev–Trinajstić information content (AvgIpc) is 3.39. The summed E-state index contributed by atoms with van der Waals surface area (Å²) < 4.78 is 2.89. The number of hydrogen-bond acceptors (Lipinski definition) is 4. The predicted molar refractivity (Wildman–Crippen MR) is 110 cm³/mol. The summed E-state index contributed by atoms with van der Waals surface area (Å²) >= 11 is 0. The van der Waals surface area contributed by atoms with Gasteiger partial charge in [0, 0.05) is 49.0 Å². The topological polar surface area (TPSA) is 102 Å². The molecule has 0 atom stereocenters. The molecule has 1 fully saturated rings. The van der Waals surface area contributed by atoms with Crippen molar-refractivity contribution in [2.75, 3.05) is 24.1 Å². The molecule has 1 aliphatic rings. The lowest BCUT2D eigenvalue weighted by molar-refractivity contribution is 0.102. The Balaban J connectivity index is 1.49. The van der Waals surface area contributed by atoms with Crippen molar-refractivity contribution in [3.8, 4) is 5.69 Å². The van der Waals surface area contributed by atoms with E-state index in [4.69, 9.17) is 5.73 Å². The van der Waals surface area contributed by atoms with E-state index in [-0.39, 0.29) is 17.5 Å². The molecule has 0 radical (unpaired) electrons. The van der Waals surface area contributed by atoms with E-state index < -0.39 is 0 Å². The van der Waals surface area contributed by atoms with Gasteiger partial charge >= 0.3 is 6.03 Å². The zero-order valence-electron chi connectivity index (χ0n) is 15.7. The van der Waals surface area contributed by atoms with E-state index in [9.17, 15) is 14.4 Å². The zero-order chi connectivity index (χ0) is 20.4. The van der Waals surface area contributed by atoms with E-state index in [1.807, 2.05) is 0 Å². The second kappa shape index (κ2) is 7.67. The zero-order valence-corrected chi connectivity index (χ0v) is 15.7. The van der Waals surface area contributed by atoms with E-state index in [0.29, 0.717) is 22.6 Å². The number of nitrogens with one attached hydrogen (secondary N) is 1. The predicted octanol–water partition coefficient (Wildman–Crippen LogP) is 2.54. The van der Waals surface area contributed by atoms with E-state index in [1.54, 1.807) is 47.5 Å². The minimum Gasteiger partial charge on any atom is -0.396 e. The maximum Gasteiger partial charge on any atom is 0.328 e. The van der Waals surface area contributed by atoms with Crippen molar-refractivity contribution in [3.05, 3.63) is 77.0 Å². The van der Waals surface area contributed by atoms with E-state index in [1.165, 1.54) is 27.6 Å². The van der Waals surface area contributed by atoms with Crippen LogP contribution in [0.5, 0.6) is 0 Å². The lowest BCUT2D eigenvalue weighted by Crippen LogP contribution is -2.31. The average molecular weight is 391 g/mol. The largest absolute Gasteiger partial charge is 0.396 e. The van der Waals surface area contributed by atoms with Crippen molar-refractivity contribution in [3.63, 3.8) is 0 Å². The first-order valence-electron chi connectivity index (χ1n) is 9.39. The maximum absolute atomic E-state index is 12.6. The van der Waals surface area contributed by atoms with Gasteiger partial charge in [0.15, 0.2) is 0 Å². The Bertz CT molecular complexity index is 1110. The molecule has 0 bridgehead atoms. The SMILES string of the molecule is Nc1cn(C(=O)N2CCCC2)cc1NC(=O)c1ccc(-n2ccccc2=O)cc1. The molecule has 2 amide bonds. The number of benzene rings is 1. The normalized spacial score (nSPS) is 13.4. The fraction of sp³-hybridized carbons (Fsp3) is 0.190. The number of hydrogen-bond donors (Lipinski definition) is 2. The third-order valence-corrected chi connectivity index (χ3v) is 4.93. The summed E-state index contributed by atoms with van der Waals surface area (Å²) in [6, 6.07) is 11.4. The molecule has 1 aliphatic heterocycles. The van der Waals surface area contributed by atoms with Gasteiger partial charge in [-0.2, -0.15) is 0 Å². The van der Waals surface area contributed by atoms with Crippen LogP contribution in [0.1, 0.15) is 23.2 Å². The molecule has 148 valence electrons. The van der Waals surface area contributed by atoms with E-state index in [2.05, 4.69) is 5.32 Å². The molecule has 8 nitrogen and oxygen atoms in total. The van der Waals surface area contributed by atoms with Crippen molar-refractivity contribution in [2.24, 2.45) is 0 Å². The monoisotopic (exact) mass is 391 g/mol. The lowest BCUT2D eigenvalue weighted by Gasteiger charge is -2.14. The smallest absolute Gasteiger partial charge is 0.328 e. The summed E-state index contributed by atoms with van der Waals surface area (Å²) in [7, 11) is 0. The van der Waals surface area contributed by atoms with Crippen LogP contribution in [0, 0.1) is 0 Å². The molecule has 3 aromatic rings. The van der Waals surface area contributed by atoms with Gasteiger partial charge in [-0.1, -0.05) is 6.07 Å². The molecule has 0 spiro atoms. The van der Waals surface area contributed by atoms with Gasteiger partial charge in [-0.15, -0.1) is 0 Å². The first-order valence-corrected chi connectivity index (χ1v) is 9.39. The highest BCUT2D eigenvalue weighted by atomic mass is 16.2. The Morgan fingerprint density at radius 3 is 2.38 bits per heavy atom. The third-order valence-electron chi connectivity index (χ3n) is 4.93. The number of nitrogen functional groups attached to an aromatic ring is 1. The van der Waals surface area contributed by atoms with Crippen LogP contribution in [0.3, 0.4) is 0 Å². The number of aromatic nitrogens is 2. The van der Waals surface area contributed by atoms with Crippen molar-refractivity contribution in [1.82, 2.24) is 14.0 Å². The molecule has 2 aromatic heterocycles. The number of amides is 2. The van der Waals surface area contributed by atoms with Gasteiger partial charge < -0.3 is 16.0 Å². The summed E-state index contributed by atoms with van der Waals surface area (Å²) in [5, 5.41) is 2.74. The third kappa shape index (κ3) is 3.77. The van der Waals surface area contributed by atoms with Gasteiger partial charge in [-0.25, -0.2) is 4.79 Å². The first kappa shape index (κ1) is 18.5. The van der Waals surface area contributed by atoms with Crippen LogP contribution in [0.15, 0.2) is 65.8 Å². The highest BCUT2D eigenvalue weighted by molar-refractivity contribution is 6.06. The molecule has 29 heavy (non-hydrogen) atoms. The Morgan fingerprint density at radius 2 is 1.69 bits per heavy atom. The number of likely N-dealkylation sites (tertiary alicyclic amines) is 1. The summed E-state index contributed by atoms with van der Waals surface area (Å²) in [6.07, 6.45) is 6.71. The second-order valence-corrected chi connectivity index (χ2v) is 6.92. The molecule has 8 heteroatoms. The quantitative estimate of drug-likeness (QED) is 0.716. The van der Waals surface area contributed by atoms with E-state index >= 15 is 0 Å².